The Bertz CT molecular complexity index is 914. The van der Waals surface area contributed by atoms with Gasteiger partial charge in [-0.1, -0.05) is 18.2 Å². The number of guanidine groups is 1. The number of nitrogens with zero attached hydrogens (tertiary/aromatic N) is 2. The van der Waals surface area contributed by atoms with Crippen LogP contribution in [-0.4, -0.2) is 55.4 Å². The van der Waals surface area contributed by atoms with Crippen LogP contribution in [0.4, 0.5) is 13.2 Å². The van der Waals surface area contributed by atoms with Crippen molar-refractivity contribution in [3.63, 3.8) is 0 Å². The molecule has 0 unspecified atom stereocenters. The molecule has 2 aromatic rings. The zero-order valence-electron chi connectivity index (χ0n) is 15.3. The summed E-state index contributed by atoms with van der Waals surface area (Å²) in [5.74, 6) is 0.510. The van der Waals surface area contributed by atoms with Gasteiger partial charge >= 0.3 is 15.5 Å². The summed E-state index contributed by atoms with van der Waals surface area (Å²) in [6.07, 6.45) is 0.533. The smallest absolute Gasteiger partial charge is 0.357 e. The lowest BCUT2D eigenvalue weighted by atomic mass is 10.1. The molecule has 0 radical (unpaired) electrons. The Morgan fingerprint density at radius 3 is 2.57 bits per heavy atom. The van der Waals surface area contributed by atoms with Gasteiger partial charge in [-0.15, -0.1) is 0 Å². The van der Waals surface area contributed by atoms with E-state index >= 15 is 0 Å². The van der Waals surface area contributed by atoms with Gasteiger partial charge in [0.1, 0.15) is 0 Å². The van der Waals surface area contributed by atoms with Crippen molar-refractivity contribution in [1.82, 2.24) is 19.9 Å². The van der Waals surface area contributed by atoms with Crippen molar-refractivity contribution in [2.75, 3.05) is 20.1 Å². The SMILES string of the molecule is CN=C(NCc1cc2ccccc2[nH]1)NC1CCN(S(=O)(=O)C(F)(F)F)CC1. The van der Waals surface area contributed by atoms with Crippen LogP contribution in [0.3, 0.4) is 0 Å². The van der Waals surface area contributed by atoms with E-state index < -0.39 is 15.5 Å². The normalized spacial score (nSPS) is 17.8. The van der Waals surface area contributed by atoms with Crippen LogP contribution < -0.4 is 10.6 Å². The first kappa shape index (κ1) is 20.5. The highest BCUT2D eigenvalue weighted by atomic mass is 32.2. The predicted octanol–water partition coefficient (Wildman–Crippen LogP) is 2.15. The molecule has 1 saturated heterocycles. The average Bonchev–Trinajstić information content (AvgIpc) is 3.07. The molecule has 7 nitrogen and oxygen atoms in total. The maximum absolute atomic E-state index is 12.6. The van der Waals surface area contributed by atoms with Gasteiger partial charge in [-0.3, -0.25) is 4.99 Å². The molecule has 0 spiro atoms. The van der Waals surface area contributed by atoms with Crippen molar-refractivity contribution in [2.24, 2.45) is 4.99 Å². The molecule has 3 rings (SSSR count). The number of aromatic amines is 1. The number of H-pyrrole nitrogens is 1. The van der Waals surface area contributed by atoms with Crippen LogP contribution in [0.5, 0.6) is 0 Å². The minimum absolute atomic E-state index is 0.159. The van der Waals surface area contributed by atoms with E-state index in [-0.39, 0.29) is 32.0 Å². The van der Waals surface area contributed by atoms with E-state index in [9.17, 15) is 21.6 Å². The summed E-state index contributed by atoms with van der Waals surface area (Å²) in [5.41, 5.74) is -3.26. The molecule has 0 aliphatic carbocycles. The molecule has 0 saturated carbocycles. The van der Waals surface area contributed by atoms with Gasteiger partial charge < -0.3 is 15.6 Å². The number of hydrogen-bond donors (Lipinski definition) is 3. The lowest BCUT2D eigenvalue weighted by Crippen LogP contribution is -2.51. The quantitative estimate of drug-likeness (QED) is 0.525. The van der Waals surface area contributed by atoms with E-state index in [4.69, 9.17) is 0 Å². The zero-order chi connectivity index (χ0) is 20.4. The summed E-state index contributed by atoms with van der Waals surface area (Å²) in [6, 6.07) is 9.76. The van der Waals surface area contributed by atoms with E-state index in [0.29, 0.717) is 16.8 Å². The molecular formula is C17H22F3N5O2S. The first-order valence-electron chi connectivity index (χ1n) is 8.81. The van der Waals surface area contributed by atoms with E-state index in [0.717, 1.165) is 16.6 Å². The molecule has 0 atom stereocenters. The van der Waals surface area contributed by atoms with Gasteiger partial charge in [-0.25, -0.2) is 8.42 Å². The summed E-state index contributed by atoms with van der Waals surface area (Å²) < 4.78 is 61.3. The van der Waals surface area contributed by atoms with Crippen LogP contribution in [-0.2, 0) is 16.6 Å². The number of hydrogen-bond acceptors (Lipinski definition) is 3. The number of rotatable bonds is 4. The maximum atomic E-state index is 12.6. The van der Waals surface area contributed by atoms with Gasteiger partial charge in [-0.05, 0) is 30.4 Å². The molecule has 2 heterocycles. The van der Waals surface area contributed by atoms with Crippen LogP contribution in [0, 0.1) is 0 Å². The number of fused-ring (bicyclic) bond motifs is 1. The van der Waals surface area contributed by atoms with Gasteiger partial charge in [0.2, 0.25) is 0 Å². The Balaban J connectivity index is 1.52. The highest BCUT2D eigenvalue weighted by Crippen LogP contribution is 2.28. The molecule has 1 aliphatic heterocycles. The number of aliphatic imine (C=N–C) groups is 1. The van der Waals surface area contributed by atoms with Crippen molar-refractivity contribution in [1.29, 1.82) is 0 Å². The number of benzene rings is 1. The van der Waals surface area contributed by atoms with Crippen LogP contribution in [0.15, 0.2) is 35.3 Å². The molecule has 3 N–H and O–H groups in total. The minimum Gasteiger partial charge on any atom is -0.357 e. The van der Waals surface area contributed by atoms with Crippen molar-refractivity contribution in [2.45, 2.75) is 30.9 Å². The number of nitrogens with one attached hydrogen (secondary N) is 3. The third kappa shape index (κ3) is 4.41. The molecule has 1 aromatic heterocycles. The van der Waals surface area contributed by atoms with Gasteiger partial charge in [0.25, 0.3) is 0 Å². The van der Waals surface area contributed by atoms with Gasteiger partial charge in [0.05, 0.1) is 6.54 Å². The Labute approximate surface area is 161 Å². The highest BCUT2D eigenvalue weighted by molar-refractivity contribution is 7.90. The second-order valence-corrected chi connectivity index (χ2v) is 8.51. The number of aromatic nitrogens is 1. The second kappa shape index (κ2) is 8.00. The van der Waals surface area contributed by atoms with Crippen molar-refractivity contribution in [3.05, 3.63) is 36.0 Å². The molecule has 28 heavy (non-hydrogen) atoms. The lowest BCUT2D eigenvalue weighted by molar-refractivity contribution is -0.0494. The highest BCUT2D eigenvalue weighted by Gasteiger charge is 2.50. The topological polar surface area (TPSA) is 89.6 Å². The van der Waals surface area contributed by atoms with Crippen LogP contribution >= 0.6 is 0 Å². The summed E-state index contributed by atoms with van der Waals surface area (Å²) in [4.78, 5) is 7.42. The predicted molar refractivity (Wildman–Crippen MR) is 101 cm³/mol. The van der Waals surface area contributed by atoms with Crippen LogP contribution in [0.2, 0.25) is 0 Å². The third-order valence-electron chi connectivity index (χ3n) is 4.68. The summed E-state index contributed by atoms with van der Waals surface area (Å²) in [7, 11) is -3.66. The molecule has 1 fully saturated rings. The number of sulfonamides is 1. The van der Waals surface area contributed by atoms with E-state index in [1.807, 2.05) is 30.3 Å². The number of alkyl halides is 3. The fraction of sp³-hybridized carbons (Fsp3) is 0.471. The molecule has 0 bridgehead atoms. The first-order chi connectivity index (χ1) is 13.2. The summed E-state index contributed by atoms with van der Waals surface area (Å²) >= 11 is 0. The monoisotopic (exact) mass is 417 g/mol. The van der Waals surface area contributed by atoms with Crippen LogP contribution in [0.25, 0.3) is 10.9 Å². The Morgan fingerprint density at radius 1 is 1.29 bits per heavy atom. The first-order valence-corrected chi connectivity index (χ1v) is 10.2. The van der Waals surface area contributed by atoms with Crippen LogP contribution in [0.1, 0.15) is 18.5 Å². The van der Waals surface area contributed by atoms with Crippen molar-refractivity contribution in [3.8, 4) is 0 Å². The van der Waals surface area contributed by atoms with Gasteiger partial charge in [0.15, 0.2) is 5.96 Å². The Morgan fingerprint density at radius 2 is 1.96 bits per heavy atom. The average molecular weight is 417 g/mol. The molecular weight excluding hydrogens is 395 g/mol. The third-order valence-corrected chi connectivity index (χ3v) is 6.31. The number of para-hydroxylation sites is 1. The Hall–Kier alpha value is -2.27. The number of piperidine rings is 1. The van der Waals surface area contributed by atoms with E-state index in [1.54, 1.807) is 7.05 Å². The van der Waals surface area contributed by atoms with Gasteiger partial charge in [-0.2, -0.15) is 17.5 Å². The fourth-order valence-corrected chi connectivity index (χ4v) is 4.17. The standard InChI is InChI=1S/C17H22F3N5O2S/c1-21-16(22-11-14-10-12-4-2-3-5-15(12)23-14)24-13-6-8-25(9-7-13)28(26,27)17(18,19)20/h2-5,10,13,23H,6-9,11H2,1H3,(H2,21,22,24). The fourth-order valence-electron chi connectivity index (χ4n) is 3.18. The summed E-state index contributed by atoms with van der Waals surface area (Å²) in [5, 5.41) is 7.40. The molecule has 0 amide bonds. The number of halogens is 3. The zero-order valence-corrected chi connectivity index (χ0v) is 16.1. The van der Waals surface area contributed by atoms with Crippen molar-refractivity contribution >= 4 is 26.9 Å². The van der Waals surface area contributed by atoms with Crippen molar-refractivity contribution < 1.29 is 21.6 Å². The maximum Gasteiger partial charge on any atom is 0.511 e. The minimum atomic E-state index is -5.26. The molecule has 1 aromatic carbocycles. The largest absolute Gasteiger partial charge is 0.511 e. The van der Waals surface area contributed by atoms with E-state index in [2.05, 4.69) is 20.6 Å². The molecule has 154 valence electrons. The van der Waals surface area contributed by atoms with Gasteiger partial charge in [0, 0.05) is 37.4 Å². The second-order valence-electron chi connectivity index (χ2n) is 6.58. The Kier molecular flexibility index (Phi) is 5.84. The van der Waals surface area contributed by atoms with E-state index in [1.165, 1.54) is 0 Å². The lowest BCUT2D eigenvalue weighted by Gasteiger charge is -2.32. The summed E-state index contributed by atoms with van der Waals surface area (Å²) in [6.45, 7) is 0.132. The molecule has 1 aliphatic rings. The molecule has 11 heteroatoms.